The van der Waals surface area contributed by atoms with Gasteiger partial charge in [-0.15, -0.1) is 5.10 Å². The third kappa shape index (κ3) is 2.01. The molecule has 1 rings (SSSR count). The standard InChI is InChI=1S/C6H8N4O3/c1-3(11)4-7-9-5(10-8-4)6(12)13-2/h1-2H3,(H,7,8)(H,9,10). The van der Waals surface area contributed by atoms with Crippen LogP contribution in [0.3, 0.4) is 0 Å². The first-order valence-corrected chi connectivity index (χ1v) is 3.42. The second kappa shape index (κ2) is 3.65. The number of hydrazone groups is 2. The molecule has 70 valence electrons. The SMILES string of the molecule is COC(=O)C1=NNC(C(C)=O)=NN1. The molecule has 13 heavy (non-hydrogen) atoms. The van der Waals surface area contributed by atoms with Crippen molar-refractivity contribution in [3.63, 3.8) is 0 Å². The number of rotatable bonds is 2. The molecule has 2 N–H and O–H groups in total. The van der Waals surface area contributed by atoms with E-state index < -0.39 is 5.97 Å². The molecule has 0 atom stereocenters. The van der Waals surface area contributed by atoms with Gasteiger partial charge in [0.1, 0.15) is 0 Å². The predicted octanol–water partition coefficient (Wildman–Crippen LogP) is -1.43. The van der Waals surface area contributed by atoms with Crippen molar-refractivity contribution in [3.8, 4) is 0 Å². The number of Topliss-reactive ketones (excluding diaryl/α,β-unsaturated/α-hetero) is 1. The molecule has 0 aromatic rings. The van der Waals surface area contributed by atoms with E-state index in [1.54, 1.807) is 0 Å². The van der Waals surface area contributed by atoms with Gasteiger partial charge in [-0.1, -0.05) is 0 Å². The fourth-order valence-corrected chi connectivity index (χ4v) is 0.613. The highest BCUT2D eigenvalue weighted by molar-refractivity contribution is 6.41. The first-order valence-electron chi connectivity index (χ1n) is 3.42. The van der Waals surface area contributed by atoms with Crippen molar-refractivity contribution >= 4 is 23.4 Å². The molecule has 0 aliphatic carbocycles. The maximum atomic E-state index is 10.8. The number of ketones is 1. The van der Waals surface area contributed by atoms with Crippen LogP contribution < -0.4 is 10.9 Å². The molecule has 0 unspecified atom stereocenters. The van der Waals surface area contributed by atoms with E-state index in [2.05, 4.69) is 25.8 Å². The summed E-state index contributed by atoms with van der Waals surface area (Å²) in [5.41, 5.74) is 4.59. The molecule has 0 fully saturated rings. The van der Waals surface area contributed by atoms with Crippen LogP contribution >= 0.6 is 0 Å². The molecule has 7 heteroatoms. The van der Waals surface area contributed by atoms with E-state index >= 15 is 0 Å². The van der Waals surface area contributed by atoms with Crippen LogP contribution in [0.25, 0.3) is 0 Å². The third-order valence-electron chi connectivity index (χ3n) is 1.26. The van der Waals surface area contributed by atoms with Crippen LogP contribution in [0.15, 0.2) is 10.2 Å². The number of carbonyl (C=O) groups is 2. The molecule has 0 radical (unpaired) electrons. The summed E-state index contributed by atoms with van der Waals surface area (Å²) in [5.74, 6) is -0.973. The summed E-state index contributed by atoms with van der Waals surface area (Å²) in [5, 5.41) is 7.09. The number of carbonyl (C=O) groups excluding carboxylic acids is 2. The number of esters is 1. The van der Waals surface area contributed by atoms with Crippen LogP contribution in [0.2, 0.25) is 0 Å². The molecular formula is C6H8N4O3. The van der Waals surface area contributed by atoms with E-state index in [1.807, 2.05) is 0 Å². The van der Waals surface area contributed by atoms with Gasteiger partial charge < -0.3 is 4.74 Å². The highest BCUT2D eigenvalue weighted by atomic mass is 16.5. The van der Waals surface area contributed by atoms with Crippen molar-refractivity contribution in [2.45, 2.75) is 6.92 Å². The summed E-state index contributed by atoms with van der Waals surface area (Å²) < 4.78 is 4.36. The summed E-state index contributed by atoms with van der Waals surface area (Å²) in [6, 6.07) is 0. The van der Waals surface area contributed by atoms with Gasteiger partial charge in [0, 0.05) is 6.92 Å². The monoisotopic (exact) mass is 184 g/mol. The molecule has 0 saturated heterocycles. The lowest BCUT2D eigenvalue weighted by Crippen LogP contribution is -2.40. The Balaban J connectivity index is 2.63. The van der Waals surface area contributed by atoms with Gasteiger partial charge in [0.05, 0.1) is 7.11 Å². The highest BCUT2D eigenvalue weighted by Gasteiger charge is 2.17. The number of nitrogens with zero attached hydrogens (tertiary/aromatic N) is 2. The zero-order valence-corrected chi connectivity index (χ0v) is 7.12. The van der Waals surface area contributed by atoms with Crippen molar-refractivity contribution in [1.29, 1.82) is 0 Å². The van der Waals surface area contributed by atoms with Crippen LogP contribution in [-0.2, 0) is 14.3 Å². The van der Waals surface area contributed by atoms with Gasteiger partial charge in [0.2, 0.25) is 5.84 Å². The Labute approximate surface area is 73.8 Å². The number of hydrogen-bond acceptors (Lipinski definition) is 7. The average molecular weight is 184 g/mol. The quantitative estimate of drug-likeness (QED) is 0.513. The van der Waals surface area contributed by atoms with Crippen molar-refractivity contribution in [2.24, 2.45) is 10.2 Å². The number of amidine groups is 2. The molecule has 1 heterocycles. The van der Waals surface area contributed by atoms with E-state index in [4.69, 9.17) is 0 Å². The average Bonchev–Trinajstić information content (AvgIpc) is 2.17. The second-order valence-electron chi connectivity index (χ2n) is 2.19. The van der Waals surface area contributed by atoms with E-state index in [1.165, 1.54) is 14.0 Å². The lowest BCUT2D eigenvalue weighted by atomic mass is 10.4. The Morgan fingerprint density at radius 2 is 1.77 bits per heavy atom. The highest BCUT2D eigenvalue weighted by Crippen LogP contribution is 1.86. The van der Waals surface area contributed by atoms with E-state index in [0.29, 0.717) is 0 Å². The lowest BCUT2D eigenvalue weighted by Gasteiger charge is -2.10. The smallest absolute Gasteiger partial charge is 0.377 e. The summed E-state index contributed by atoms with van der Waals surface area (Å²) in [4.78, 5) is 21.6. The maximum Gasteiger partial charge on any atom is 0.377 e. The Morgan fingerprint density at radius 1 is 1.23 bits per heavy atom. The molecule has 0 amide bonds. The predicted molar refractivity (Wildman–Crippen MR) is 43.8 cm³/mol. The summed E-state index contributed by atoms with van der Waals surface area (Å²) >= 11 is 0. The van der Waals surface area contributed by atoms with Gasteiger partial charge in [-0.25, -0.2) is 4.79 Å². The van der Waals surface area contributed by atoms with Crippen LogP contribution in [0.4, 0.5) is 0 Å². The maximum absolute atomic E-state index is 10.8. The van der Waals surface area contributed by atoms with Crippen LogP contribution in [0.5, 0.6) is 0 Å². The van der Waals surface area contributed by atoms with Gasteiger partial charge in [0.15, 0.2) is 5.78 Å². The van der Waals surface area contributed by atoms with Gasteiger partial charge in [-0.3, -0.25) is 15.6 Å². The minimum absolute atomic E-state index is 0.0488. The van der Waals surface area contributed by atoms with Crippen LogP contribution in [-0.4, -0.2) is 30.5 Å². The largest absolute Gasteiger partial charge is 0.463 e. The molecule has 0 bridgehead atoms. The Morgan fingerprint density at radius 3 is 2.15 bits per heavy atom. The molecule has 0 aromatic heterocycles. The lowest BCUT2D eigenvalue weighted by molar-refractivity contribution is -0.133. The van der Waals surface area contributed by atoms with Crippen molar-refractivity contribution in [3.05, 3.63) is 0 Å². The minimum Gasteiger partial charge on any atom is -0.463 e. The molecular weight excluding hydrogens is 176 g/mol. The first kappa shape index (κ1) is 9.17. The molecule has 0 spiro atoms. The normalized spacial score (nSPS) is 14.6. The first-order chi connectivity index (χ1) is 6.15. The third-order valence-corrected chi connectivity index (χ3v) is 1.26. The van der Waals surface area contributed by atoms with Gasteiger partial charge >= 0.3 is 5.97 Å². The molecule has 0 saturated carbocycles. The molecule has 1 aliphatic heterocycles. The fraction of sp³-hybridized carbons (Fsp3) is 0.333. The molecule has 1 aliphatic rings. The second-order valence-corrected chi connectivity index (χ2v) is 2.19. The van der Waals surface area contributed by atoms with Gasteiger partial charge in [-0.05, 0) is 0 Å². The number of nitrogens with one attached hydrogen (secondary N) is 2. The Hall–Kier alpha value is -1.92. The van der Waals surface area contributed by atoms with Crippen LogP contribution in [0, 0.1) is 0 Å². The summed E-state index contributed by atoms with van der Waals surface area (Å²) in [6.07, 6.45) is 0. The van der Waals surface area contributed by atoms with Gasteiger partial charge in [0.25, 0.3) is 5.84 Å². The van der Waals surface area contributed by atoms with E-state index in [-0.39, 0.29) is 17.5 Å². The van der Waals surface area contributed by atoms with E-state index in [0.717, 1.165) is 0 Å². The Bertz CT molecular complexity index is 307. The number of ether oxygens (including phenoxy) is 1. The summed E-state index contributed by atoms with van der Waals surface area (Å²) in [6.45, 7) is 1.33. The van der Waals surface area contributed by atoms with E-state index in [9.17, 15) is 9.59 Å². The fourth-order valence-electron chi connectivity index (χ4n) is 0.613. The Kier molecular flexibility index (Phi) is 2.58. The minimum atomic E-state index is -0.654. The summed E-state index contributed by atoms with van der Waals surface area (Å²) in [7, 11) is 1.22. The number of methoxy groups -OCH3 is 1. The topological polar surface area (TPSA) is 92.1 Å². The van der Waals surface area contributed by atoms with Gasteiger partial charge in [-0.2, -0.15) is 5.10 Å². The zero-order valence-electron chi connectivity index (χ0n) is 7.12. The number of hydrogen-bond donors (Lipinski definition) is 2. The van der Waals surface area contributed by atoms with Crippen LogP contribution in [0.1, 0.15) is 6.92 Å². The van der Waals surface area contributed by atoms with Crippen molar-refractivity contribution in [2.75, 3.05) is 7.11 Å². The molecule has 0 aromatic carbocycles. The zero-order chi connectivity index (χ0) is 9.84. The molecule has 7 nitrogen and oxygen atoms in total. The van der Waals surface area contributed by atoms with Crippen molar-refractivity contribution < 1.29 is 14.3 Å². The van der Waals surface area contributed by atoms with Crippen molar-refractivity contribution in [1.82, 2.24) is 10.9 Å².